The zero-order valence-corrected chi connectivity index (χ0v) is 11.0. The molecule has 0 fully saturated rings. The van der Waals surface area contributed by atoms with Crippen molar-refractivity contribution in [2.24, 2.45) is 11.7 Å². The van der Waals surface area contributed by atoms with E-state index in [1.54, 1.807) is 0 Å². The van der Waals surface area contributed by atoms with Gasteiger partial charge in [0.15, 0.2) is 0 Å². The van der Waals surface area contributed by atoms with Gasteiger partial charge in [0.1, 0.15) is 5.67 Å². The van der Waals surface area contributed by atoms with Gasteiger partial charge < -0.3 is 5.73 Å². The van der Waals surface area contributed by atoms with Gasteiger partial charge in [-0.2, -0.15) is 0 Å². The minimum atomic E-state index is -1.33. The number of alkyl halides is 1. The Kier molecular flexibility index (Phi) is 3.67. The minimum Gasteiger partial charge on any atom is -0.328 e. The lowest BCUT2D eigenvalue weighted by atomic mass is 9.84. The number of benzene rings is 2. The fraction of sp³-hybridized carbons (Fsp3) is 0.375. The molecule has 0 amide bonds. The molecule has 18 heavy (non-hydrogen) atoms. The van der Waals surface area contributed by atoms with Crippen molar-refractivity contribution in [1.82, 2.24) is 0 Å². The molecule has 0 aliphatic heterocycles. The van der Waals surface area contributed by atoms with Crippen LogP contribution in [0.25, 0.3) is 10.8 Å². The summed E-state index contributed by atoms with van der Waals surface area (Å²) in [5.41, 5.74) is 5.33. The van der Waals surface area contributed by atoms with E-state index in [1.165, 1.54) is 0 Å². The molecule has 1 nitrogen and oxygen atoms in total. The third-order valence-corrected chi connectivity index (χ3v) is 3.74. The average Bonchev–Trinajstić information content (AvgIpc) is 2.39. The Morgan fingerprint density at radius 1 is 1.11 bits per heavy atom. The number of nitrogens with two attached hydrogens (primary N) is 1. The van der Waals surface area contributed by atoms with Crippen LogP contribution in [0.4, 0.5) is 4.39 Å². The number of fused-ring (bicyclic) bond motifs is 1. The first-order chi connectivity index (χ1) is 8.57. The molecule has 0 saturated heterocycles. The van der Waals surface area contributed by atoms with E-state index in [2.05, 4.69) is 12.1 Å². The van der Waals surface area contributed by atoms with Crippen molar-refractivity contribution >= 4 is 10.8 Å². The van der Waals surface area contributed by atoms with E-state index in [9.17, 15) is 4.39 Å². The molecular weight excluding hydrogens is 225 g/mol. The zero-order chi connectivity index (χ0) is 13.2. The Bertz CT molecular complexity index is 530. The van der Waals surface area contributed by atoms with Crippen molar-refractivity contribution in [3.63, 3.8) is 0 Å². The number of hydrogen-bond acceptors (Lipinski definition) is 1. The van der Waals surface area contributed by atoms with E-state index in [-0.39, 0.29) is 12.5 Å². The summed E-state index contributed by atoms with van der Waals surface area (Å²) < 4.78 is 14.7. The van der Waals surface area contributed by atoms with Crippen molar-refractivity contribution in [3.8, 4) is 0 Å². The smallest absolute Gasteiger partial charge is 0.129 e. The number of rotatable bonds is 4. The summed E-state index contributed by atoms with van der Waals surface area (Å²) >= 11 is 0. The summed E-state index contributed by atoms with van der Waals surface area (Å²) in [6, 6.07) is 14.1. The molecule has 2 heteroatoms. The van der Waals surface area contributed by atoms with Crippen LogP contribution in [-0.2, 0) is 6.42 Å². The van der Waals surface area contributed by atoms with Crippen LogP contribution < -0.4 is 5.73 Å². The van der Waals surface area contributed by atoms with Crippen molar-refractivity contribution in [3.05, 3.63) is 48.0 Å². The third-order valence-electron chi connectivity index (χ3n) is 3.74. The maximum absolute atomic E-state index is 14.7. The van der Waals surface area contributed by atoms with Gasteiger partial charge in [-0.05, 0) is 22.3 Å². The number of hydrogen-bond donors (Lipinski definition) is 1. The first-order valence-electron chi connectivity index (χ1n) is 6.42. The highest BCUT2D eigenvalue weighted by Gasteiger charge is 2.32. The van der Waals surface area contributed by atoms with E-state index in [0.29, 0.717) is 6.42 Å². The molecule has 0 saturated carbocycles. The summed E-state index contributed by atoms with van der Waals surface area (Å²) in [5, 5.41) is 2.27. The Morgan fingerprint density at radius 3 is 2.44 bits per heavy atom. The Hall–Kier alpha value is -1.41. The molecule has 0 heterocycles. The zero-order valence-electron chi connectivity index (χ0n) is 11.0. The second kappa shape index (κ2) is 5.07. The van der Waals surface area contributed by atoms with Crippen LogP contribution in [0.3, 0.4) is 0 Å². The molecule has 0 aromatic heterocycles. The molecule has 0 aliphatic rings. The van der Waals surface area contributed by atoms with E-state index < -0.39 is 5.67 Å². The number of halogens is 1. The van der Waals surface area contributed by atoms with Gasteiger partial charge >= 0.3 is 0 Å². The fourth-order valence-electron chi connectivity index (χ4n) is 2.28. The molecule has 2 aromatic rings. The molecule has 96 valence electrons. The van der Waals surface area contributed by atoms with E-state index >= 15 is 0 Å². The Balaban J connectivity index is 2.43. The van der Waals surface area contributed by atoms with Crippen LogP contribution in [0, 0.1) is 5.92 Å². The molecule has 2 rings (SSSR count). The summed E-state index contributed by atoms with van der Waals surface area (Å²) in [4.78, 5) is 0. The van der Waals surface area contributed by atoms with Gasteiger partial charge in [0, 0.05) is 13.0 Å². The highest BCUT2D eigenvalue weighted by Crippen LogP contribution is 2.29. The third kappa shape index (κ3) is 2.39. The predicted octanol–water partition coefficient (Wildman–Crippen LogP) is 3.71. The lowest BCUT2D eigenvalue weighted by Gasteiger charge is -2.28. The predicted molar refractivity (Wildman–Crippen MR) is 75.4 cm³/mol. The summed E-state index contributed by atoms with van der Waals surface area (Å²) in [6.07, 6.45) is 0.377. The van der Waals surface area contributed by atoms with E-state index in [0.717, 1.165) is 16.3 Å². The van der Waals surface area contributed by atoms with Crippen LogP contribution >= 0.6 is 0 Å². The Morgan fingerprint density at radius 2 is 1.78 bits per heavy atom. The maximum Gasteiger partial charge on any atom is 0.129 e. The van der Waals surface area contributed by atoms with Crippen LogP contribution in [-0.4, -0.2) is 12.2 Å². The van der Waals surface area contributed by atoms with Crippen molar-refractivity contribution in [1.29, 1.82) is 0 Å². The van der Waals surface area contributed by atoms with Gasteiger partial charge in [-0.25, -0.2) is 4.39 Å². The van der Waals surface area contributed by atoms with Crippen molar-refractivity contribution in [2.75, 3.05) is 6.54 Å². The minimum absolute atomic E-state index is 0.0634. The lowest BCUT2D eigenvalue weighted by Crippen LogP contribution is -2.40. The van der Waals surface area contributed by atoms with Gasteiger partial charge in [-0.1, -0.05) is 56.3 Å². The summed E-state index contributed by atoms with van der Waals surface area (Å²) in [6.45, 7) is 3.84. The lowest BCUT2D eigenvalue weighted by molar-refractivity contribution is 0.111. The maximum atomic E-state index is 14.7. The van der Waals surface area contributed by atoms with Gasteiger partial charge in [0.25, 0.3) is 0 Å². The quantitative estimate of drug-likeness (QED) is 0.873. The molecule has 2 aromatic carbocycles. The van der Waals surface area contributed by atoms with Crippen LogP contribution in [0.15, 0.2) is 42.5 Å². The summed E-state index contributed by atoms with van der Waals surface area (Å²) in [7, 11) is 0. The van der Waals surface area contributed by atoms with E-state index in [4.69, 9.17) is 5.73 Å². The molecule has 0 spiro atoms. The summed E-state index contributed by atoms with van der Waals surface area (Å²) in [5.74, 6) is -0.0820. The van der Waals surface area contributed by atoms with Crippen molar-refractivity contribution in [2.45, 2.75) is 25.9 Å². The van der Waals surface area contributed by atoms with E-state index in [1.807, 2.05) is 44.2 Å². The topological polar surface area (TPSA) is 26.0 Å². The van der Waals surface area contributed by atoms with Crippen LogP contribution in [0.5, 0.6) is 0 Å². The largest absolute Gasteiger partial charge is 0.328 e. The monoisotopic (exact) mass is 245 g/mol. The fourth-order valence-corrected chi connectivity index (χ4v) is 2.28. The molecule has 0 radical (unpaired) electrons. The first kappa shape index (κ1) is 13.0. The normalized spacial score (nSPS) is 14.9. The molecule has 2 N–H and O–H groups in total. The second-order valence-corrected chi connectivity index (χ2v) is 5.21. The molecule has 1 unspecified atom stereocenters. The molecule has 1 atom stereocenters. The SMILES string of the molecule is CC(C)C(F)(CN)Cc1cccc2ccccc12. The average molecular weight is 245 g/mol. The second-order valence-electron chi connectivity index (χ2n) is 5.21. The van der Waals surface area contributed by atoms with Crippen LogP contribution in [0.2, 0.25) is 0 Å². The molecule has 0 bridgehead atoms. The van der Waals surface area contributed by atoms with Crippen molar-refractivity contribution < 1.29 is 4.39 Å². The molecular formula is C16H20FN. The molecule has 0 aliphatic carbocycles. The first-order valence-corrected chi connectivity index (χ1v) is 6.42. The van der Waals surface area contributed by atoms with Gasteiger partial charge in [-0.3, -0.25) is 0 Å². The standard InChI is InChI=1S/C16H20FN/c1-12(2)16(17,11-18)10-14-8-5-7-13-6-3-4-9-15(13)14/h3-9,12H,10-11,18H2,1-2H3. The van der Waals surface area contributed by atoms with Crippen LogP contribution in [0.1, 0.15) is 19.4 Å². The highest BCUT2D eigenvalue weighted by atomic mass is 19.1. The highest BCUT2D eigenvalue weighted by molar-refractivity contribution is 5.85. The van der Waals surface area contributed by atoms with Gasteiger partial charge in [0.2, 0.25) is 0 Å². The van der Waals surface area contributed by atoms with Gasteiger partial charge in [-0.15, -0.1) is 0 Å². The Labute approximate surface area is 108 Å². The van der Waals surface area contributed by atoms with Gasteiger partial charge in [0.05, 0.1) is 0 Å².